The summed E-state index contributed by atoms with van der Waals surface area (Å²) in [6.45, 7) is 5.33. The van der Waals surface area contributed by atoms with E-state index in [1.165, 1.54) is 17.1 Å². The van der Waals surface area contributed by atoms with Gasteiger partial charge in [-0.05, 0) is 31.9 Å². The fourth-order valence-electron chi connectivity index (χ4n) is 2.95. The third-order valence-electron chi connectivity index (χ3n) is 4.14. The van der Waals surface area contributed by atoms with Gasteiger partial charge in [0.15, 0.2) is 0 Å². The molecule has 1 aromatic carbocycles. The molecule has 1 aliphatic heterocycles. The van der Waals surface area contributed by atoms with Crippen LogP contribution in [0.3, 0.4) is 0 Å². The molecule has 2 atom stereocenters. The first-order chi connectivity index (χ1) is 10.8. The highest BCUT2D eigenvalue weighted by atomic mass is 16.5. The summed E-state index contributed by atoms with van der Waals surface area (Å²) in [5.41, 5.74) is 1.22. The lowest BCUT2D eigenvalue weighted by Gasteiger charge is -2.30. The molecule has 0 N–H and O–H groups in total. The number of esters is 1. The Balaban J connectivity index is 1.95. The Morgan fingerprint density at radius 1 is 1.13 bits per heavy atom. The van der Waals surface area contributed by atoms with E-state index in [9.17, 15) is 14.4 Å². The van der Waals surface area contributed by atoms with Crippen LogP contribution in [0, 0.1) is 5.41 Å². The fraction of sp³-hybridized carbons (Fsp3) is 0.389. The first-order valence-corrected chi connectivity index (χ1v) is 7.63. The minimum absolute atomic E-state index is 0.340. The molecule has 2 amide bonds. The van der Waals surface area contributed by atoms with Crippen LogP contribution in [-0.2, 0) is 25.5 Å². The van der Waals surface area contributed by atoms with Gasteiger partial charge >= 0.3 is 5.97 Å². The van der Waals surface area contributed by atoms with Crippen LogP contribution in [-0.4, -0.2) is 28.8 Å². The molecular weight excluding hydrogens is 294 g/mol. The van der Waals surface area contributed by atoms with E-state index < -0.39 is 17.6 Å². The topological polar surface area (TPSA) is 63.7 Å². The second kappa shape index (κ2) is 5.33. The molecule has 5 nitrogen and oxygen atoms in total. The molecular formula is C18H19NO4. The van der Waals surface area contributed by atoms with Crippen LogP contribution in [0.4, 0.5) is 0 Å². The fourth-order valence-corrected chi connectivity index (χ4v) is 2.95. The summed E-state index contributed by atoms with van der Waals surface area (Å²) in [7, 11) is 0. The van der Waals surface area contributed by atoms with E-state index in [1.807, 2.05) is 24.3 Å². The number of ether oxygens (including phenoxy) is 1. The van der Waals surface area contributed by atoms with Crippen LogP contribution < -0.4 is 0 Å². The maximum absolute atomic E-state index is 12.3. The SMILES string of the molecule is CC(C)(C)C(=O)O[C@H]1Cc2ccccc2[C@@H]1N1C(=O)C=CC1=O. The Morgan fingerprint density at radius 2 is 1.74 bits per heavy atom. The molecule has 3 rings (SSSR count). The molecule has 120 valence electrons. The minimum atomic E-state index is -0.642. The minimum Gasteiger partial charge on any atom is -0.459 e. The molecule has 0 saturated carbocycles. The van der Waals surface area contributed by atoms with Crippen LogP contribution in [0.2, 0.25) is 0 Å². The molecule has 0 spiro atoms. The molecule has 5 heteroatoms. The van der Waals surface area contributed by atoms with E-state index in [4.69, 9.17) is 4.74 Å². The highest BCUT2D eigenvalue weighted by Crippen LogP contribution is 2.39. The van der Waals surface area contributed by atoms with E-state index in [1.54, 1.807) is 20.8 Å². The third kappa shape index (κ3) is 2.67. The van der Waals surface area contributed by atoms with Gasteiger partial charge in [-0.15, -0.1) is 0 Å². The van der Waals surface area contributed by atoms with Crippen molar-refractivity contribution in [3.8, 4) is 0 Å². The zero-order valence-corrected chi connectivity index (χ0v) is 13.4. The Kier molecular flexibility index (Phi) is 3.59. The van der Waals surface area contributed by atoms with E-state index in [0.717, 1.165) is 11.1 Å². The van der Waals surface area contributed by atoms with Crippen LogP contribution in [0.15, 0.2) is 36.4 Å². The second-order valence-electron chi connectivity index (χ2n) is 6.92. The normalized spacial score (nSPS) is 23.3. The number of amides is 2. The Bertz CT molecular complexity index is 696. The molecule has 0 bridgehead atoms. The highest BCUT2D eigenvalue weighted by Gasteiger charge is 2.45. The number of imide groups is 1. The van der Waals surface area contributed by atoms with E-state index in [2.05, 4.69) is 0 Å². The monoisotopic (exact) mass is 313 g/mol. The van der Waals surface area contributed by atoms with Gasteiger partial charge in [0.1, 0.15) is 12.1 Å². The molecule has 0 radical (unpaired) electrons. The lowest BCUT2D eigenvalue weighted by Crippen LogP contribution is -2.41. The van der Waals surface area contributed by atoms with Gasteiger partial charge in [-0.2, -0.15) is 0 Å². The summed E-state index contributed by atoms with van der Waals surface area (Å²) in [5, 5.41) is 0. The van der Waals surface area contributed by atoms with Crippen molar-refractivity contribution in [2.75, 3.05) is 0 Å². The van der Waals surface area contributed by atoms with Crippen molar-refractivity contribution in [1.82, 2.24) is 4.90 Å². The van der Waals surface area contributed by atoms with Gasteiger partial charge in [0.05, 0.1) is 5.41 Å². The van der Waals surface area contributed by atoms with Crippen molar-refractivity contribution < 1.29 is 19.1 Å². The van der Waals surface area contributed by atoms with Gasteiger partial charge in [0.25, 0.3) is 11.8 Å². The average molecular weight is 313 g/mol. The molecule has 0 unspecified atom stereocenters. The number of benzene rings is 1. The van der Waals surface area contributed by atoms with Gasteiger partial charge in [0.2, 0.25) is 0 Å². The molecule has 1 aliphatic carbocycles. The summed E-state index contributed by atoms with van der Waals surface area (Å²) in [6, 6.07) is 7.01. The molecule has 2 aliphatic rings. The maximum Gasteiger partial charge on any atom is 0.311 e. The summed E-state index contributed by atoms with van der Waals surface area (Å²) in [4.78, 5) is 37.6. The summed E-state index contributed by atoms with van der Waals surface area (Å²) in [6.07, 6.45) is 2.46. The Labute approximate surface area is 134 Å². The maximum atomic E-state index is 12.3. The number of nitrogens with zero attached hydrogens (tertiary/aromatic N) is 1. The van der Waals surface area contributed by atoms with Crippen LogP contribution >= 0.6 is 0 Å². The third-order valence-corrected chi connectivity index (χ3v) is 4.14. The van der Waals surface area contributed by atoms with Gasteiger partial charge in [-0.1, -0.05) is 24.3 Å². The summed E-state index contributed by atoms with van der Waals surface area (Å²) < 4.78 is 5.67. The zero-order valence-electron chi connectivity index (χ0n) is 13.4. The van der Waals surface area contributed by atoms with Crippen molar-refractivity contribution in [3.63, 3.8) is 0 Å². The van der Waals surface area contributed by atoms with E-state index >= 15 is 0 Å². The standard InChI is InChI=1S/C18H19NO4/c1-18(2,3)17(22)23-13-10-11-6-4-5-7-12(11)16(13)19-14(20)8-9-15(19)21/h4-9,13,16H,10H2,1-3H3/t13-,16-/m0/s1. The lowest BCUT2D eigenvalue weighted by atomic mass is 9.97. The molecule has 0 saturated heterocycles. The highest BCUT2D eigenvalue weighted by molar-refractivity contribution is 6.13. The van der Waals surface area contributed by atoms with Crippen LogP contribution in [0.25, 0.3) is 0 Å². The van der Waals surface area contributed by atoms with Gasteiger partial charge < -0.3 is 4.74 Å². The molecule has 1 aromatic rings. The van der Waals surface area contributed by atoms with E-state index in [0.29, 0.717) is 6.42 Å². The second-order valence-corrected chi connectivity index (χ2v) is 6.92. The Hall–Kier alpha value is -2.43. The smallest absolute Gasteiger partial charge is 0.311 e. The number of carbonyl (C=O) groups excluding carboxylic acids is 3. The summed E-state index contributed by atoms with van der Waals surface area (Å²) in [5.74, 6) is -1.07. The Morgan fingerprint density at radius 3 is 2.35 bits per heavy atom. The van der Waals surface area contributed by atoms with Gasteiger partial charge in [-0.3, -0.25) is 19.3 Å². The van der Waals surface area contributed by atoms with Crippen LogP contribution in [0.5, 0.6) is 0 Å². The average Bonchev–Trinajstić information content (AvgIpc) is 2.98. The number of hydrogen-bond acceptors (Lipinski definition) is 4. The summed E-state index contributed by atoms with van der Waals surface area (Å²) >= 11 is 0. The number of fused-ring (bicyclic) bond motifs is 1. The molecule has 0 fully saturated rings. The van der Waals surface area contributed by atoms with Crippen molar-refractivity contribution in [2.24, 2.45) is 5.41 Å². The number of carbonyl (C=O) groups is 3. The van der Waals surface area contributed by atoms with Crippen molar-refractivity contribution in [3.05, 3.63) is 47.5 Å². The quantitative estimate of drug-likeness (QED) is 0.620. The lowest BCUT2D eigenvalue weighted by molar-refractivity contribution is -0.164. The zero-order chi connectivity index (χ0) is 16.8. The molecule has 0 aromatic heterocycles. The van der Waals surface area contributed by atoms with E-state index in [-0.39, 0.29) is 17.8 Å². The number of hydrogen-bond donors (Lipinski definition) is 0. The number of rotatable bonds is 2. The van der Waals surface area contributed by atoms with Crippen molar-refractivity contribution in [1.29, 1.82) is 0 Å². The first kappa shape index (κ1) is 15.5. The molecule has 23 heavy (non-hydrogen) atoms. The predicted octanol–water partition coefficient (Wildman–Crippen LogP) is 2.17. The molecule has 1 heterocycles. The van der Waals surface area contributed by atoms with Gasteiger partial charge in [-0.25, -0.2) is 0 Å². The largest absolute Gasteiger partial charge is 0.459 e. The first-order valence-electron chi connectivity index (χ1n) is 7.63. The van der Waals surface area contributed by atoms with Crippen LogP contribution in [0.1, 0.15) is 37.9 Å². The predicted molar refractivity (Wildman–Crippen MR) is 83.2 cm³/mol. The van der Waals surface area contributed by atoms with Crippen molar-refractivity contribution >= 4 is 17.8 Å². The van der Waals surface area contributed by atoms with Crippen molar-refractivity contribution in [2.45, 2.75) is 39.3 Å². The van der Waals surface area contributed by atoms with Gasteiger partial charge in [0, 0.05) is 18.6 Å².